The standard InChI is InChI=1S/C23H26N2O/c1-18-8-5-9-19(16-18)17-25-15-7-14-24-13-6-11-21(24)23(25)20-10-3-4-12-22(20)26-2/h3-6,8-13,16,23H,7,14-15,17H2,1-2H3/t23-/m0/s1. The van der Waals surface area contributed by atoms with Gasteiger partial charge in [0.15, 0.2) is 0 Å². The van der Waals surface area contributed by atoms with Crippen LogP contribution >= 0.6 is 0 Å². The van der Waals surface area contributed by atoms with Gasteiger partial charge in [-0.05, 0) is 37.1 Å². The molecule has 1 aromatic heterocycles. The molecule has 0 unspecified atom stereocenters. The van der Waals surface area contributed by atoms with Gasteiger partial charge in [0.2, 0.25) is 0 Å². The van der Waals surface area contributed by atoms with E-state index in [1.54, 1.807) is 7.11 Å². The molecule has 0 aliphatic carbocycles. The number of para-hydroxylation sites is 1. The molecule has 0 saturated carbocycles. The molecule has 0 saturated heterocycles. The van der Waals surface area contributed by atoms with E-state index < -0.39 is 0 Å². The van der Waals surface area contributed by atoms with E-state index in [0.29, 0.717) is 0 Å². The molecule has 0 amide bonds. The number of benzene rings is 2. The van der Waals surface area contributed by atoms with Gasteiger partial charge in [-0.2, -0.15) is 0 Å². The smallest absolute Gasteiger partial charge is 0.124 e. The lowest BCUT2D eigenvalue weighted by Crippen LogP contribution is -2.29. The zero-order chi connectivity index (χ0) is 17.9. The second-order valence-electron chi connectivity index (χ2n) is 7.08. The van der Waals surface area contributed by atoms with E-state index in [1.807, 2.05) is 6.07 Å². The highest BCUT2D eigenvalue weighted by atomic mass is 16.5. The first kappa shape index (κ1) is 16.9. The van der Waals surface area contributed by atoms with Gasteiger partial charge in [-0.1, -0.05) is 48.0 Å². The van der Waals surface area contributed by atoms with Crippen LogP contribution in [-0.2, 0) is 13.1 Å². The SMILES string of the molecule is COc1ccccc1[C@H]1c2cccn2CCCN1Cc1cccc(C)c1. The van der Waals surface area contributed by atoms with Crippen LogP contribution in [0.2, 0.25) is 0 Å². The summed E-state index contributed by atoms with van der Waals surface area (Å²) >= 11 is 0. The Labute approximate surface area is 155 Å². The topological polar surface area (TPSA) is 17.4 Å². The fourth-order valence-electron chi connectivity index (χ4n) is 4.10. The zero-order valence-electron chi connectivity index (χ0n) is 15.6. The number of fused-ring (bicyclic) bond motifs is 1. The average molecular weight is 346 g/mol. The Balaban J connectivity index is 1.78. The van der Waals surface area contributed by atoms with Gasteiger partial charge in [0.05, 0.1) is 13.2 Å². The predicted molar refractivity (Wildman–Crippen MR) is 105 cm³/mol. The van der Waals surface area contributed by atoms with Crippen LogP contribution in [0, 0.1) is 6.92 Å². The first-order valence-electron chi connectivity index (χ1n) is 9.34. The molecule has 3 heteroatoms. The van der Waals surface area contributed by atoms with Gasteiger partial charge in [0.25, 0.3) is 0 Å². The molecule has 1 atom stereocenters. The normalized spacial score (nSPS) is 17.5. The van der Waals surface area contributed by atoms with Crippen LogP contribution in [0.5, 0.6) is 5.75 Å². The molecule has 26 heavy (non-hydrogen) atoms. The fraction of sp³-hybridized carbons (Fsp3) is 0.304. The molecule has 0 radical (unpaired) electrons. The van der Waals surface area contributed by atoms with Gasteiger partial charge < -0.3 is 9.30 Å². The maximum atomic E-state index is 5.71. The molecule has 134 valence electrons. The first-order valence-corrected chi connectivity index (χ1v) is 9.34. The van der Waals surface area contributed by atoms with Crippen molar-refractivity contribution in [3.8, 4) is 5.75 Å². The molecule has 4 rings (SSSR count). The Kier molecular flexibility index (Phi) is 4.81. The third-order valence-corrected chi connectivity index (χ3v) is 5.26. The number of hydrogen-bond acceptors (Lipinski definition) is 2. The minimum atomic E-state index is 0.198. The lowest BCUT2D eigenvalue weighted by atomic mass is 9.99. The van der Waals surface area contributed by atoms with Crippen LogP contribution in [0.15, 0.2) is 66.9 Å². The van der Waals surface area contributed by atoms with Crippen molar-refractivity contribution in [3.63, 3.8) is 0 Å². The Bertz CT molecular complexity index is 883. The van der Waals surface area contributed by atoms with Crippen molar-refractivity contribution in [1.29, 1.82) is 0 Å². The first-order chi connectivity index (χ1) is 12.8. The van der Waals surface area contributed by atoms with E-state index in [4.69, 9.17) is 4.74 Å². The van der Waals surface area contributed by atoms with Gasteiger partial charge in [0, 0.05) is 37.1 Å². The van der Waals surface area contributed by atoms with Crippen LogP contribution in [0.1, 0.15) is 34.8 Å². The lowest BCUT2D eigenvalue weighted by molar-refractivity contribution is 0.216. The fourth-order valence-corrected chi connectivity index (χ4v) is 4.10. The number of rotatable bonds is 4. The van der Waals surface area contributed by atoms with Crippen LogP contribution in [-0.4, -0.2) is 23.1 Å². The molecule has 2 aromatic carbocycles. The quantitative estimate of drug-likeness (QED) is 0.675. The second-order valence-corrected chi connectivity index (χ2v) is 7.08. The molecule has 0 fully saturated rings. The second kappa shape index (κ2) is 7.38. The summed E-state index contributed by atoms with van der Waals surface area (Å²) in [6.45, 7) is 5.24. The largest absolute Gasteiger partial charge is 0.496 e. The Morgan fingerprint density at radius 1 is 1.00 bits per heavy atom. The Morgan fingerprint density at radius 2 is 1.88 bits per heavy atom. The highest BCUT2D eigenvalue weighted by Crippen LogP contribution is 2.37. The van der Waals surface area contributed by atoms with Gasteiger partial charge in [-0.3, -0.25) is 4.90 Å². The van der Waals surface area contributed by atoms with Crippen molar-refractivity contribution < 1.29 is 4.74 Å². The average Bonchev–Trinajstić information content (AvgIpc) is 3.04. The summed E-state index contributed by atoms with van der Waals surface area (Å²) in [5.74, 6) is 0.960. The van der Waals surface area contributed by atoms with E-state index in [2.05, 4.69) is 77.2 Å². The summed E-state index contributed by atoms with van der Waals surface area (Å²) in [4.78, 5) is 2.59. The molecule has 0 bridgehead atoms. The Hall–Kier alpha value is -2.52. The monoisotopic (exact) mass is 346 g/mol. The molecule has 2 heterocycles. The summed E-state index contributed by atoms with van der Waals surface area (Å²) in [6, 6.07) is 21.9. The zero-order valence-corrected chi connectivity index (χ0v) is 15.6. The van der Waals surface area contributed by atoms with Gasteiger partial charge >= 0.3 is 0 Å². The third kappa shape index (κ3) is 3.27. The molecule has 0 N–H and O–H groups in total. The van der Waals surface area contributed by atoms with E-state index >= 15 is 0 Å². The number of aryl methyl sites for hydroxylation is 2. The maximum Gasteiger partial charge on any atom is 0.124 e. The summed E-state index contributed by atoms with van der Waals surface area (Å²) in [5.41, 5.74) is 5.27. The van der Waals surface area contributed by atoms with Crippen molar-refractivity contribution in [3.05, 3.63) is 89.2 Å². The molecular weight excluding hydrogens is 320 g/mol. The van der Waals surface area contributed by atoms with Crippen molar-refractivity contribution in [2.45, 2.75) is 32.5 Å². The van der Waals surface area contributed by atoms with E-state index in [-0.39, 0.29) is 6.04 Å². The van der Waals surface area contributed by atoms with Crippen molar-refractivity contribution in [2.24, 2.45) is 0 Å². The number of aromatic nitrogens is 1. The molecule has 1 aliphatic heterocycles. The summed E-state index contributed by atoms with van der Waals surface area (Å²) in [7, 11) is 1.76. The van der Waals surface area contributed by atoms with Crippen LogP contribution in [0.4, 0.5) is 0 Å². The summed E-state index contributed by atoms with van der Waals surface area (Å²) < 4.78 is 8.11. The van der Waals surface area contributed by atoms with Crippen LogP contribution in [0.3, 0.4) is 0 Å². The molecule has 1 aliphatic rings. The lowest BCUT2D eigenvalue weighted by Gasteiger charge is -2.31. The maximum absolute atomic E-state index is 5.71. The number of methoxy groups -OCH3 is 1. The number of ether oxygens (including phenoxy) is 1. The van der Waals surface area contributed by atoms with Crippen molar-refractivity contribution in [2.75, 3.05) is 13.7 Å². The van der Waals surface area contributed by atoms with Crippen LogP contribution < -0.4 is 4.74 Å². The minimum absolute atomic E-state index is 0.198. The number of hydrogen-bond donors (Lipinski definition) is 0. The van der Waals surface area contributed by atoms with Crippen molar-refractivity contribution in [1.82, 2.24) is 9.47 Å². The minimum Gasteiger partial charge on any atom is -0.496 e. The molecule has 3 aromatic rings. The summed E-state index contributed by atoms with van der Waals surface area (Å²) in [6.07, 6.45) is 3.35. The van der Waals surface area contributed by atoms with E-state index in [0.717, 1.165) is 31.8 Å². The van der Waals surface area contributed by atoms with Crippen molar-refractivity contribution >= 4 is 0 Å². The molecule has 0 spiro atoms. The van der Waals surface area contributed by atoms with Gasteiger partial charge in [0.1, 0.15) is 5.75 Å². The van der Waals surface area contributed by atoms with Gasteiger partial charge in [-0.15, -0.1) is 0 Å². The highest BCUT2D eigenvalue weighted by molar-refractivity contribution is 5.41. The van der Waals surface area contributed by atoms with E-state index in [1.165, 1.54) is 22.4 Å². The highest BCUT2D eigenvalue weighted by Gasteiger charge is 2.29. The van der Waals surface area contributed by atoms with Gasteiger partial charge in [-0.25, -0.2) is 0 Å². The predicted octanol–water partition coefficient (Wildman–Crippen LogP) is 4.80. The van der Waals surface area contributed by atoms with E-state index in [9.17, 15) is 0 Å². The third-order valence-electron chi connectivity index (χ3n) is 5.26. The summed E-state index contributed by atoms with van der Waals surface area (Å²) in [5, 5.41) is 0. The van der Waals surface area contributed by atoms with Crippen LogP contribution in [0.25, 0.3) is 0 Å². The molecular formula is C23H26N2O. The Morgan fingerprint density at radius 3 is 2.73 bits per heavy atom. The number of nitrogens with zero attached hydrogens (tertiary/aromatic N) is 2. The molecule has 3 nitrogen and oxygen atoms in total.